The number of esters is 2. The molecule has 0 bridgehead atoms. The number of rotatable bonds is 12. The summed E-state index contributed by atoms with van der Waals surface area (Å²) in [6.07, 6.45) is -5.38. The van der Waals surface area contributed by atoms with Gasteiger partial charge in [0.25, 0.3) is 0 Å². The first kappa shape index (κ1) is 32.5. The van der Waals surface area contributed by atoms with E-state index < -0.39 is 83.1 Å². The highest BCUT2D eigenvalue weighted by molar-refractivity contribution is 7.87. The van der Waals surface area contributed by atoms with Crippen molar-refractivity contribution in [2.75, 3.05) is 6.61 Å². The summed E-state index contributed by atoms with van der Waals surface area (Å²) in [5.74, 6) is -13.8. The summed E-state index contributed by atoms with van der Waals surface area (Å²) >= 11 is 0. The fraction of sp³-hybridized carbons (Fsp3) is 0.909. The lowest BCUT2D eigenvalue weighted by molar-refractivity contribution is -0.358. The molecular formula is C22H31F7O8S. The van der Waals surface area contributed by atoms with Crippen LogP contribution in [0.25, 0.3) is 0 Å². The van der Waals surface area contributed by atoms with Crippen molar-refractivity contribution < 1.29 is 67.5 Å². The average molecular weight is 589 g/mol. The zero-order chi connectivity index (χ0) is 28.8. The lowest BCUT2D eigenvalue weighted by atomic mass is 9.89. The van der Waals surface area contributed by atoms with Crippen LogP contribution >= 0.6 is 0 Å². The molecule has 2 aliphatic rings. The average Bonchev–Trinajstić information content (AvgIpc) is 2.82. The molecule has 1 N–H and O–H groups in total. The van der Waals surface area contributed by atoms with Crippen LogP contribution in [0.1, 0.15) is 83.5 Å². The van der Waals surface area contributed by atoms with Gasteiger partial charge in [-0.15, -0.1) is 0 Å². The number of carbonyl (C=O) groups is 2. The van der Waals surface area contributed by atoms with Gasteiger partial charge in [0.05, 0.1) is 12.5 Å². The first-order chi connectivity index (χ1) is 17.4. The Morgan fingerprint density at radius 3 is 1.84 bits per heavy atom. The van der Waals surface area contributed by atoms with Gasteiger partial charge < -0.3 is 14.2 Å². The first-order valence-corrected chi connectivity index (χ1v) is 13.8. The number of alkyl halides is 7. The summed E-state index contributed by atoms with van der Waals surface area (Å²) in [7, 11) is -6.48. The van der Waals surface area contributed by atoms with E-state index in [2.05, 4.69) is 9.47 Å². The Balaban J connectivity index is 2.17. The van der Waals surface area contributed by atoms with Gasteiger partial charge in [-0.05, 0) is 51.4 Å². The van der Waals surface area contributed by atoms with Crippen molar-refractivity contribution in [2.24, 2.45) is 5.92 Å². The number of ether oxygens (including phenoxy) is 3. The van der Waals surface area contributed by atoms with Crippen LogP contribution in [0.3, 0.4) is 0 Å². The predicted octanol–water partition coefficient (Wildman–Crippen LogP) is 5.55. The summed E-state index contributed by atoms with van der Waals surface area (Å²) in [6, 6.07) is 0. The molecule has 2 aliphatic carbocycles. The van der Waals surface area contributed by atoms with Crippen molar-refractivity contribution in [3.63, 3.8) is 0 Å². The van der Waals surface area contributed by atoms with Crippen molar-refractivity contribution >= 4 is 22.1 Å². The van der Waals surface area contributed by atoms with Gasteiger partial charge in [0.2, 0.25) is 0 Å². The monoisotopic (exact) mass is 588 g/mol. The quantitative estimate of drug-likeness (QED) is 0.104. The third-order valence-electron chi connectivity index (χ3n) is 6.59. The standard InChI is InChI=1S/C22H31F7O8S/c23-19(24,22(28,29)38(32,33)34)13-7-8-14-35-20(21(25,26)27,18(31)36-16-11-5-2-6-12-16)37-17(30)15-9-3-1-4-10-15/h15-16H,1-14H2,(H,32,33,34). The molecule has 16 heteroatoms. The van der Waals surface area contributed by atoms with Crippen molar-refractivity contribution in [2.45, 2.75) is 113 Å². The van der Waals surface area contributed by atoms with E-state index >= 15 is 0 Å². The molecule has 0 saturated heterocycles. The van der Waals surface area contributed by atoms with E-state index in [4.69, 9.17) is 9.29 Å². The Bertz CT molecular complexity index is 913. The molecule has 2 rings (SSSR count). The van der Waals surface area contributed by atoms with Gasteiger partial charge in [-0.2, -0.15) is 39.2 Å². The van der Waals surface area contributed by atoms with Gasteiger partial charge in [0.1, 0.15) is 6.10 Å². The van der Waals surface area contributed by atoms with Crippen molar-refractivity contribution in [1.29, 1.82) is 0 Å². The molecule has 2 fully saturated rings. The molecule has 0 aromatic heterocycles. The third-order valence-corrected chi connectivity index (χ3v) is 7.54. The highest BCUT2D eigenvalue weighted by atomic mass is 32.2. The Morgan fingerprint density at radius 2 is 1.34 bits per heavy atom. The molecule has 222 valence electrons. The second-order valence-corrected chi connectivity index (χ2v) is 11.0. The number of unbranched alkanes of at least 4 members (excludes halogenated alkanes) is 1. The van der Waals surface area contributed by atoms with Gasteiger partial charge in [-0.3, -0.25) is 9.35 Å². The van der Waals surface area contributed by atoms with E-state index in [-0.39, 0.29) is 25.7 Å². The predicted molar refractivity (Wildman–Crippen MR) is 116 cm³/mol. The fourth-order valence-electron chi connectivity index (χ4n) is 4.36. The minimum atomic E-state index is -6.48. The molecule has 38 heavy (non-hydrogen) atoms. The van der Waals surface area contributed by atoms with E-state index in [9.17, 15) is 48.7 Å². The molecule has 8 nitrogen and oxygen atoms in total. The van der Waals surface area contributed by atoms with Crippen molar-refractivity contribution in [3.8, 4) is 0 Å². The second kappa shape index (κ2) is 12.7. The Hall–Kier alpha value is -1.68. The topological polar surface area (TPSA) is 116 Å². The molecule has 0 aromatic carbocycles. The molecule has 0 heterocycles. The lowest BCUT2D eigenvalue weighted by Gasteiger charge is -2.35. The van der Waals surface area contributed by atoms with Crippen molar-refractivity contribution in [1.82, 2.24) is 0 Å². The molecule has 0 aliphatic heterocycles. The lowest BCUT2D eigenvalue weighted by Crippen LogP contribution is -2.59. The summed E-state index contributed by atoms with van der Waals surface area (Å²) in [5, 5.41) is -5.84. The number of hydrogen-bond donors (Lipinski definition) is 1. The van der Waals surface area contributed by atoms with Crippen LogP contribution in [-0.4, -0.2) is 60.8 Å². The Morgan fingerprint density at radius 1 is 0.816 bits per heavy atom. The summed E-state index contributed by atoms with van der Waals surface area (Å²) < 4.78 is 141. The smallest absolute Gasteiger partial charge is 0.457 e. The van der Waals surface area contributed by atoms with Crippen molar-refractivity contribution in [3.05, 3.63) is 0 Å². The van der Waals surface area contributed by atoms with Crippen LogP contribution in [0.2, 0.25) is 0 Å². The molecule has 0 radical (unpaired) electrons. The summed E-state index contributed by atoms with van der Waals surface area (Å²) in [6.45, 7) is -1.16. The van der Waals surface area contributed by atoms with E-state index in [1.165, 1.54) is 0 Å². The van der Waals surface area contributed by atoms with Crippen LogP contribution in [-0.2, 0) is 33.9 Å². The molecule has 0 spiro atoms. The number of carbonyl (C=O) groups excluding carboxylic acids is 2. The van der Waals surface area contributed by atoms with E-state index in [1.807, 2.05) is 0 Å². The number of halogens is 7. The molecule has 1 unspecified atom stereocenters. The molecule has 1 atom stereocenters. The second-order valence-electron chi connectivity index (χ2n) is 9.54. The van der Waals surface area contributed by atoms with E-state index in [0.29, 0.717) is 25.7 Å². The molecule has 2 saturated carbocycles. The maximum Gasteiger partial charge on any atom is 0.468 e. The summed E-state index contributed by atoms with van der Waals surface area (Å²) in [5.41, 5.74) is 0. The highest BCUT2D eigenvalue weighted by Gasteiger charge is 2.68. The Kier molecular flexibility index (Phi) is 10.8. The minimum Gasteiger partial charge on any atom is -0.457 e. The van der Waals surface area contributed by atoms with Crippen LogP contribution < -0.4 is 0 Å². The van der Waals surface area contributed by atoms with Gasteiger partial charge in [0.15, 0.2) is 0 Å². The van der Waals surface area contributed by atoms with Crippen LogP contribution in [0.4, 0.5) is 30.7 Å². The largest absolute Gasteiger partial charge is 0.468 e. The van der Waals surface area contributed by atoms with Gasteiger partial charge >= 0.3 is 45.2 Å². The van der Waals surface area contributed by atoms with Gasteiger partial charge in [-0.1, -0.05) is 25.7 Å². The third kappa shape index (κ3) is 7.71. The summed E-state index contributed by atoms with van der Waals surface area (Å²) in [4.78, 5) is 25.4. The van der Waals surface area contributed by atoms with Gasteiger partial charge in [-0.25, -0.2) is 4.79 Å². The minimum absolute atomic E-state index is 0.224. The normalized spacial score (nSPS) is 20.5. The zero-order valence-corrected chi connectivity index (χ0v) is 21.2. The SMILES string of the molecule is O=C(OC(OCCCCC(F)(F)C(F)(F)S(=O)(=O)O)(C(=O)OC1CCCCC1)C(F)(F)F)C1CCCCC1. The van der Waals surface area contributed by atoms with Crippen LogP contribution in [0, 0.1) is 5.92 Å². The van der Waals surface area contributed by atoms with E-state index in [1.54, 1.807) is 0 Å². The maximum absolute atomic E-state index is 14.3. The van der Waals surface area contributed by atoms with E-state index in [0.717, 1.165) is 12.8 Å². The molecule has 0 aromatic rings. The highest BCUT2D eigenvalue weighted by Crippen LogP contribution is 2.42. The van der Waals surface area contributed by atoms with Crippen LogP contribution in [0.5, 0.6) is 0 Å². The first-order valence-electron chi connectivity index (χ1n) is 12.3. The molecular weight excluding hydrogens is 557 g/mol. The molecule has 0 amide bonds. The van der Waals surface area contributed by atoms with Gasteiger partial charge in [0, 0.05) is 6.42 Å². The maximum atomic E-state index is 14.3. The fourth-order valence-corrected chi connectivity index (χ4v) is 4.84. The zero-order valence-electron chi connectivity index (χ0n) is 20.4. The van der Waals surface area contributed by atoms with Crippen LogP contribution in [0.15, 0.2) is 0 Å². The number of hydrogen-bond acceptors (Lipinski definition) is 7. The Labute approximate surface area is 215 Å².